The Morgan fingerprint density at radius 3 is 2.10 bits per heavy atom. The minimum Gasteiger partial charge on any atom is -0.507 e. The molecule has 2 saturated heterocycles. The number of likely N-dealkylation sites (N-methyl/N-ethyl adjacent to an activating group) is 1. The molecule has 5 N–H and O–H groups in total. The highest BCUT2D eigenvalue weighted by atomic mass is 16.7. The number of nitrogens with zero attached hydrogens (tertiary/aromatic N) is 1. The molecule has 17 nitrogen and oxygen atoms in total. The van der Waals surface area contributed by atoms with Gasteiger partial charge in [-0.2, -0.15) is 0 Å². The first kappa shape index (κ1) is 42.8. The normalized spacial score (nSPS) is 35.6. The summed E-state index contributed by atoms with van der Waals surface area (Å²) >= 11 is 0. The third-order valence-electron chi connectivity index (χ3n) is 12.2. The summed E-state index contributed by atoms with van der Waals surface area (Å²) in [6, 6.07) is 3.00. The molecule has 3 aliphatic heterocycles. The molecule has 0 amide bonds. The Morgan fingerprint density at radius 2 is 1.51 bits per heavy atom. The van der Waals surface area contributed by atoms with Crippen molar-refractivity contribution in [1.29, 1.82) is 0 Å². The highest BCUT2D eigenvalue weighted by Crippen LogP contribution is 2.54. The van der Waals surface area contributed by atoms with Gasteiger partial charge in [0, 0.05) is 36.4 Å². The zero-order valence-electron chi connectivity index (χ0n) is 33.8. The number of aliphatic hydroxyl groups is 2. The van der Waals surface area contributed by atoms with Gasteiger partial charge in [0.2, 0.25) is 5.78 Å². The Morgan fingerprint density at radius 1 is 0.881 bits per heavy atom. The number of carbonyl (C=O) groups excluding carboxylic acids is 4. The van der Waals surface area contributed by atoms with E-state index < -0.39 is 125 Å². The van der Waals surface area contributed by atoms with Gasteiger partial charge in [-0.25, -0.2) is 0 Å². The maximum atomic E-state index is 14.0. The lowest BCUT2D eigenvalue weighted by atomic mass is 9.67. The summed E-state index contributed by atoms with van der Waals surface area (Å²) in [7, 11) is 4.84. The van der Waals surface area contributed by atoms with Gasteiger partial charge in [0.1, 0.15) is 41.5 Å². The van der Waals surface area contributed by atoms with Gasteiger partial charge in [-0.05, 0) is 77.2 Å². The van der Waals surface area contributed by atoms with E-state index in [9.17, 15) is 44.7 Å². The van der Waals surface area contributed by atoms with E-state index in [1.807, 2.05) is 19.0 Å². The molecule has 0 bridgehead atoms. The lowest BCUT2D eigenvalue weighted by Gasteiger charge is -2.48. The number of fused-ring (bicyclic) bond motifs is 3. The van der Waals surface area contributed by atoms with E-state index >= 15 is 0 Å². The number of ether oxygens (including phenoxy) is 7. The molecule has 59 heavy (non-hydrogen) atoms. The van der Waals surface area contributed by atoms with Crippen molar-refractivity contribution in [3.05, 3.63) is 63.7 Å². The van der Waals surface area contributed by atoms with Crippen LogP contribution in [0.15, 0.2) is 30.4 Å². The third-order valence-corrected chi connectivity index (χ3v) is 12.2. The van der Waals surface area contributed by atoms with Crippen molar-refractivity contribution < 1.29 is 77.9 Å². The molecule has 0 radical (unpaired) electrons. The number of esters is 1. The highest BCUT2D eigenvalue weighted by Gasteiger charge is 2.54. The van der Waals surface area contributed by atoms with Crippen LogP contribution in [-0.4, -0.2) is 142 Å². The highest BCUT2D eigenvalue weighted by molar-refractivity contribution is 6.31. The molecule has 2 aliphatic carbocycles. The predicted molar refractivity (Wildman–Crippen MR) is 203 cm³/mol. The SMILES string of the molecule is CC[C@@]1(O)C[C@H](O[C@H]2C[C@H](N(C)C)[C@H](O[C@H]3C[C@H](O)[C@H](O[C@H]4C=CC(=O)[C@H](C)O4)[C@H](C)O3)[C@H](C)O2)c2c(cc3c(c2O)C(=O)c2c(O)ccc(O)c2C3=O)[C@H]1C(=O)OC. The second-order valence-corrected chi connectivity index (χ2v) is 16.1. The van der Waals surface area contributed by atoms with E-state index in [2.05, 4.69) is 0 Å². The smallest absolute Gasteiger partial charge is 0.316 e. The molecular weight excluding hydrogens is 774 g/mol. The minimum atomic E-state index is -1.81. The van der Waals surface area contributed by atoms with Crippen LogP contribution >= 0.6 is 0 Å². The molecule has 2 aromatic rings. The van der Waals surface area contributed by atoms with Gasteiger partial charge in [-0.15, -0.1) is 0 Å². The molecule has 13 atom stereocenters. The van der Waals surface area contributed by atoms with Gasteiger partial charge in [-0.1, -0.05) is 6.92 Å². The van der Waals surface area contributed by atoms with Crippen molar-refractivity contribution in [2.45, 2.75) is 133 Å². The fourth-order valence-electron chi connectivity index (χ4n) is 9.08. The van der Waals surface area contributed by atoms with E-state index in [-0.39, 0.29) is 54.2 Å². The number of phenolic OH excluding ortho intramolecular Hbond substituents is 3. The Kier molecular flexibility index (Phi) is 11.8. The van der Waals surface area contributed by atoms with Gasteiger partial charge < -0.3 is 63.6 Å². The molecular formula is C42H51NO16. The van der Waals surface area contributed by atoms with Gasteiger partial charge in [-0.3, -0.25) is 19.2 Å². The van der Waals surface area contributed by atoms with Gasteiger partial charge in [0.15, 0.2) is 30.4 Å². The van der Waals surface area contributed by atoms with Crippen LogP contribution in [0.25, 0.3) is 0 Å². The van der Waals surface area contributed by atoms with E-state index in [0.29, 0.717) is 0 Å². The molecule has 17 heteroatoms. The average molecular weight is 826 g/mol. The Balaban J connectivity index is 1.15. The number of hydrogen-bond acceptors (Lipinski definition) is 17. The summed E-state index contributed by atoms with van der Waals surface area (Å²) < 4.78 is 42.3. The first-order valence-electron chi connectivity index (χ1n) is 19.7. The lowest BCUT2D eigenvalue weighted by molar-refractivity contribution is -0.320. The summed E-state index contributed by atoms with van der Waals surface area (Å²) in [6.45, 7) is 6.80. The maximum Gasteiger partial charge on any atom is 0.316 e. The Labute approximate surface area is 340 Å². The van der Waals surface area contributed by atoms with Gasteiger partial charge >= 0.3 is 5.97 Å². The standard InChI is InChI=1S/C42H51NO16/c1-8-42(52)16-27(31-20(35(42)41(51)53-7)13-21-32(37(31)49)38(50)34-25(46)10-9-24(45)33(34)36(21)48)57-29-14-22(43(5)6)39(18(3)55-29)59-30-15-26(47)40(19(4)56-30)58-28-12-11-23(44)17(2)54-28/h9-13,17-19,22,26-30,35,39-40,45-47,49,52H,8,14-16H2,1-7H3/t17-,18-,19-,22-,26-,27-,28-,29-,30-,35-,39+,40+,42+/m0/s1. The first-order chi connectivity index (χ1) is 27.9. The van der Waals surface area contributed by atoms with E-state index in [1.165, 1.54) is 18.2 Å². The van der Waals surface area contributed by atoms with Crippen molar-refractivity contribution >= 4 is 23.3 Å². The summed E-state index contributed by atoms with van der Waals surface area (Å²) in [5.41, 5.74) is -3.60. The van der Waals surface area contributed by atoms with Crippen molar-refractivity contribution in [2.24, 2.45) is 0 Å². The molecule has 320 valence electrons. The van der Waals surface area contributed by atoms with Crippen molar-refractivity contribution in [3.8, 4) is 17.2 Å². The van der Waals surface area contributed by atoms with Crippen LogP contribution in [0, 0.1) is 0 Å². The van der Waals surface area contributed by atoms with Crippen LogP contribution in [-0.2, 0) is 42.7 Å². The monoisotopic (exact) mass is 825 g/mol. The van der Waals surface area contributed by atoms with Crippen LogP contribution in [0.4, 0.5) is 0 Å². The zero-order valence-corrected chi connectivity index (χ0v) is 33.8. The van der Waals surface area contributed by atoms with Crippen molar-refractivity contribution in [3.63, 3.8) is 0 Å². The van der Waals surface area contributed by atoms with Crippen molar-refractivity contribution in [2.75, 3.05) is 21.2 Å². The van der Waals surface area contributed by atoms with Crippen LogP contribution < -0.4 is 0 Å². The third kappa shape index (κ3) is 7.57. The van der Waals surface area contributed by atoms with E-state index in [1.54, 1.807) is 27.7 Å². The van der Waals surface area contributed by atoms with Gasteiger partial charge in [0.25, 0.3) is 0 Å². The molecule has 5 aliphatic rings. The molecule has 7 rings (SSSR count). The number of hydrogen-bond donors (Lipinski definition) is 5. The molecule has 2 fully saturated rings. The number of methoxy groups -OCH3 is 1. The number of carbonyl (C=O) groups is 4. The van der Waals surface area contributed by atoms with Crippen molar-refractivity contribution in [1.82, 2.24) is 4.90 Å². The van der Waals surface area contributed by atoms with Crippen LogP contribution in [0.5, 0.6) is 17.2 Å². The summed E-state index contributed by atoms with van der Waals surface area (Å²) in [5, 5.41) is 56.4. The Hall–Kier alpha value is -4.30. The fourth-order valence-corrected chi connectivity index (χ4v) is 9.08. The number of rotatable bonds is 9. The molecule has 0 spiro atoms. The molecule has 2 aromatic carbocycles. The van der Waals surface area contributed by atoms with E-state index in [4.69, 9.17) is 33.2 Å². The molecule has 0 aromatic heterocycles. The molecule has 3 heterocycles. The number of aliphatic hydroxyl groups excluding tert-OH is 1. The van der Waals surface area contributed by atoms with Crippen LogP contribution in [0.1, 0.15) is 108 Å². The summed E-state index contributed by atoms with van der Waals surface area (Å²) in [4.78, 5) is 55.0. The Bertz CT molecular complexity index is 2040. The molecule has 0 saturated carbocycles. The predicted octanol–water partition coefficient (Wildman–Crippen LogP) is 2.64. The largest absolute Gasteiger partial charge is 0.507 e. The second kappa shape index (κ2) is 16.3. The van der Waals surface area contributed by atoms with E-state index in [0.717, 1.165) is 19.2 Å². The minimum absolute atomic E-state index is 0.00866. The average Bonchev–Trinajstić information content (AvgIpc) is 3.17. The zero-order chi connectivity index (χ0) is 42.8. The topological polar surface area (TPSA) is 237 Å². The number of phenols is 3. The first-order valence-corrected chi connectivity index (χ1v) is 19.7. The summed E-state index contributed by atoms with van der Waals surface area (Å²) in [5.74, 6) is -6.10. The summed E-state index contributed by atoms with van der Waals surface area (Å²) in [6.07, 6.45) is -5.29. The quantitative estimate of drug-likeness (QED) is 0.154. The fraction of sp³-hybridized carbons (Fsp3) is 0.571. The number of benzene rings is 2. The lowest BCUT2D eigenvalue weighted by Crippen LogP contribution is -2.58. The molecule has 0 unspecified atom stereocenters. The second-order valence-electron chi connectivity index (χ2n) is 16.1. The van der Waals surface area contributed by atoms with Crippen LogP contribution in [0.3, 0.4) is 0 Å². The maximum absolute atomic E-state index is 14.0. The number of ketones is 3. The number of aromatic hydroxyl groups is 3. The van der Waals surface area contributed by atoms with Crippen LogP contribution in [0.2, 0.25) is 0 Å². The van der Waals surface area contributed by atoms with Gasteiger partial charge in [0.05, 0.1) is 53.8 Å².